The number of hydrogen-bond acceptors (Lipinski definition) is 6. The molecule has 0 spiro atoms. The number of Topliss-reactive ketones (excluding diaryl/α,β-unsaturated/α-hetero) is 1. The summed E-state index contributed by atoms with van der Waals surface area (Å²) in [7, 11) is 1.53. The Hall–Kier alpha value is -4.78. The summed E-state index contributed by atoms with van der Waals surface area (Å²) in [6.07, 6.45) is 0. The van der Waals surface area contributed by atoms with E-state index in [1.165, 1.54) is 12.0 Å². The molecule has 1 amide bonds. The molecule has 1 N–H and O–H groups in total. The molecule has 4 aromatic rings. The summed E-state index contributed by atoms with van der Waals surface area (Å²) < 4.78 is 16.9. The molecule has 1 saturated heterocycles. The van der Waals surface area contributed by atoms with Gasteiger partial charge in [-0.1, -0.05) is 54.6 Å². The lowest BCUT2D eigenvalue weighted by atomic mass is 9.93. The predicted molar refractivity (Wildman–Crippen MR) is 139 cm³/mol. The number of ether oxygens (including phenoxy) is 3. The molecule has 2 heterocycles. The first-order valence-electron chi connectivity index (χ1n) is 11.9. The first-order valence-corrected chi connectivity index (χ1v) is 11.9. The van der Waals surface area contributed by atoms with Crippen LogP contribution in [0.2, 0.25) is 0 Å². The van der Waals surface area contributed by atoms with E-state index in [1.807, 2.05) is 36.4 Å². The van der Waals surface area contributed by atoms with Crippen LogP contribution in [0, 0.1) is 0 Å². The molecule has 1 unspecified atom stereocenters. The number of carbonyl (C=O) groups is 2. The molecule has 2 aliphatic rings. The van der Waals surface area contributed by atoms with E-state index in [2.05, 4.69) is 0 Å². The van der Waals surface area contributed by atoms with Gasteiger partial charge < -0.3 is 19.3 Å². The van der Waals surface area contributed by atoms with Crippen molar-refractivity contribution >= 4 is 33.9 Å². The molecule has 184 valence electrons. The highest BCUT2D eigenvalue weighted by atomic mass is 16.6. The standard InChI is InChI=1S/C30H23NO6/c1-35-23-9-5-4-8-22(23)27-26(28(32)20-11-10-18-6-2-3-7-19(18)16-20)29(33)30(34)31(27)21-12-13-24-25(17-21)37-15-14-36-24/h2-13,16-17,27,32H,14-15H2,1H3/b28-26+. The maximum absolute atomic E-state index is 13.5. The van der Waals surface area contributed by atoms with Crippen molar-refractivity contribution in [1.82, 2.24) is 0 Å². The normalized spacial score (nSPS) is 18.3. The number of carbonyl (C=O) groups excluding carboxylic acids is 2. The number of rotatable bonds is 4. The topological polar surface area (TPSA) is 85.3 Å². The quantitative estimate of drug-likeness (QED) is 0.238. The summed E-state index contributed by atoms with van der Waals surface area (Å²) in [5.41, 5.74) is 1.44. The van der Waals surface area contributed by atoms with Crippen LogP contribution in [-0.4, -0.2) is 37.1 Å². The van der Waals surface area contributed by atoms with Gasteiger partial charge in [0, 0.05) is 22.9 Å². The lowest BCUT2D eigenvalue weighted by molar-refractivity contribution is -0.132. The molecule has 0 aliphatic carbocycles. The van der Waals surface area contributed by atoms with Crippen molar-refractivity contribution < 1.29 is 28.9 Å². The number of ketones is 1. The van der Waals surface area contributed by atoms with Gasteiger partial charge in [0.25, 0.3) is 11.7 Å². The summed E-state index contributed by atoms with van der Waals surface area (Å²) in [6, 6.07) is 24.5. The Balaban J connectivity index is 1.56. The molecule has 0 saturated carbocycles. The summed E-state index contributed by atoms with van der Waals surface area (Å²) >= 11 is 0. The van der Waals surface area contributed by atoms with E-state index in [0.29, 0.717) is 47.3 Å². The third kappa shape index (κ3) is 3.76. The van der Waals surface area contributed by atoms with Crippen molar-refractivity contribution in [3.05, 3.63) is 102 Å². The Morgan fingerprint density at radius 3 is 2.41 bits per heavy atom. The second-order valence-electron chi connectivity index (χ2n) is 8.80. The van der Waals surface area contributed by atoms with Gasteiger partial charge >= 0.3 is 0 Å². The predicted octanol–water partition coefficient (Wildman–Crippen LogP) is 5.25. The second-order valence-corrected chi connectivity index (χ2v) is 8.80. The molecule has 0 bridgehead atoms. The van der Waals surface area contributed by atoms with Crippen LogP contribution in [0.4, 0.5) is 5.69 Å². The smallest absolute Gasteiger partial charge is 0.300 e. The van der Waals surface area contributed by atoms with E-state index < -0.39 is 17.7 Å². The van der Waals surface area contributed by atoms with Crippen molar-refractivity contribution in [3.63, 3.8) is 0 Å². The molecule has 7 heteroatoms. The number of methoxy groups -OCH3 is 1. The Bertz CT molecular complexity index is 1590. The highest BCUT2D eigenvalue weighted by molar-refractivity contribution is 6.51. The number of aliphatic hydroxyl groups excluding tert-OH is 1. The monoisotopic (exact) mass is 493 g/mol. The van der Waals surface area contributed by atoms with Gasteiger partial charge in [0.2, 0.25) is 0 Å². The molecule has 0 radical (unpaired) electrons. The van der Waals surface area contributed by atoms with Crippen LogP contribution in [0.3, 0.4) is 0 Å². The summed E-state index contributed by atoms with van der Waals surface area (Å²) in [6.45, 7) is 0.816. The van der Waals surface area contributed by atoms with Crippen LogP contribution in [0.15, 0.2) is 90.5 Å². The third-order valence-corrected chi connectivity index (χ3v) is 6.70. The van der Waals surface area contributed by atoms with Crippen LogP contribution in [0.1, 0.15) is 17.2 Å². The SMILES string of the molecule is COc1ccccc1C1/C(=C(\O)c2ccc3ccccc3c2)C(=O)C(=O)N1c1ccc2c(c1)OCCO2. The fourth-order valence-corrected chi connectivity index (χ4v) is 4.96. The first kappa shape index (κ1) is 22.7. The van der Waals surface area contributed by atoms with E-state index >= 15 is 0 Å². The molecule has 4 aromatic carbocycles. The van der Waals surface area contributed by atoms with Gasteiger partial charge in [-0.2, -0.15) is 0 Å². The van der Waals surface area contributed by atoms with Gasteiger partial charge in [-0.25, -0.2) is 0 Å². The van der Waals surface area contributed by atoms with E-state index in [-0.39, 0.29) is 11.3 Å². The number of aliphatic hydroxyl groups is 1. The number of amides is 1. The maximum atomic E-state index is 13.5. The highest BCUT2D eigenvalue weighted by Crippen LogP contribution is 2.46. The summed E-state index contributed by atoms with van der Waals surface area (Å²) in [4.78, 5) is 28.4. The van der Waals surface area contributed by atoms with Crippen molar-refractivity contribution in [3.8, 4) is 17.2 Å². The van der Waals surface area contributed by atoms with Crippen molar-refractivity contribution in [2.24, 2.45) is 0 Å². The molecule has 1 fully saturated rings. The third-order valence-electron chi connectivity index (χ3n) is 6.70. The summed E-state index contributed by atoms with van der Waals surface area (Å²) in [5, 5.41) is 13.4. The lowest BCUT2D eigenvalue weighted by Gasteiger charge is -2.28. The van der Waals surface area contributed by atoms with Crippen molar-refractivity contribution in [2.45, 2.75) is 6.04 Å². The van der Waals surface area contributed by atoms with Gasteiger partial charge in [0.1, 0.15) is 24.7 Å². The number of nitrogens with zero attached hydrogens (tertiary/aromatic N) is 1. The molecular formula is C30H23NO6. The number of para-hydroxylation sites is 1. The minimum Gasteiger partial charge on any atom is -0.507 e. The Kier molecular flexibility index (Phi) is 5.53. The Morgan fingerprint density at radius 2 is 1.59 bits per heavy atom. The minimum atomic E-state index is -0.926. The first-order chi connectivity index (χ1) is 18.1. The Morgan fingerprint density at radius 1 is 0.865 bits per heavy atom. The van der Waals surface area contributed by atoms with E-state index in [0.717, 1.165) is 10.8 Å². The molecule has 6 rings (SSSR count). The number of fused-ring (bicyclic) bond motifs is 2. The fourth-order valence-electron chi connectivity index (χ4n) is 4.96. The largest absolute Gasteiger partial charge is 0.507 e. The average Bonchev–Trinajstić information content (AvgIpc) is 3.21. The highest BCUT2D eigenvalue weighted by Gasteiger charge is 2.48. The molecular weight excluding hydrogens is 470 g/mol. The van der Waals surface area contributed by atoms with Crippen LogP contribution in [0.25, 0.3) is 16.5 Å². The Labute approximate surface area is 213 Å². The minimum absolute atomic E-state index is 0.0142. The van der Waals surface area contributed by atoms with E-state index in [4.69, 9.17) is 14.2 Å². The maximum Gasteiger partial charge on any atom is 0.300 e. The lowest BCUT2D eigenvalue weighted by Crippen LogP contribution is -2.30. The zero-order valence-corrected chi connectivity index (χ0v) is 20.0. The van der Waals surface area contributed by atoms with E-state index in [9.17, 15) is 14.7 Å². The van der Waals surface area contributed by atoms with Gasteiger partial charge in [-0.15, -0.1) is 0 Å². The molecule has 1 atom stereocenters. The van der Waals surface area contributed by atoms with Crippen LogP contribution in [0.5, 0.6) is 17.2 Å². The molecule has 0 aromatic heterocycles. The molecule has 7 nitrogen and oxygen atoms in total. The van der Waals surface area contributed by atoms with E-state index in [1.54, 1.807) is 48.5 Å². The number of anilines is 1. The van der Waals surface area contributed by atoms with Crippen molar-refractivity contribution in [2.75, 3.05) is 25.2 Å². The van der Waals surface area contributed by atoms with Gasteiger partial charge in [-0.3, -0.25) is 14.5 Å². The van der Waals surface area contributed by atoms with Gasteiger partial charge in [-0.05, 0) is 35.0 Å². The molecule has 37 heavy (non-hydrogen) atoms. The zero-order valence-electron chi connectivity index (χ0n) is 20.0. The zero-order chi connectivity index (χ0) is 25.5. The fraction of sp³-hybridized carbons (Fsp3) is 0.133. The van der Waals surface area contributed by atoms with Gasteiger partial charge in [0.15, 0.2) is 11.5 Å². The number of benzene rings is 4. The van der Waals surface area contributed by atoms with Gasteiger partial charge in [0.05, 0.1) is 18.7 Å². The molecule has 2 aliphatic heterocycles. The number of hydrogen-bond donors (Lipinski definition) is 1. The van der Waals surface area contributed by atoms with Crippen LogP contribution in [-0.2, 0) is 9.59 Å². The summed E-state index contributed by atoms with van der Waals surface area (Å²) in [5.74, 6) is -0.247. The van der Waals surface area contributed by atoms with Crippen LogP contribution < -0.4 is 19.1 Å². The average molecular weight is 494 g/mol. The second kappa shape index (κ2) is 9.02. The van der Waals surface area contributed by atoms with Crippen LogP contribution >= 0.6 is 0 Å². The van der Waals surface area contributed by atoms with Crippen molar-refractivity contribution in [1.29, 1.82) is 0 Å².